The maximum atomic E-state index is 12.6. The van der Waals surface area contributed by atoms with Gasteiger partial charge in [-0.25, -0.2) is 4.79 Å². The van der Waals surface area contributed by atoms with E-state index in [1.54, 1.807) is 0 Å². The molecule has 6 nitrogen and oxygen atoms in total. The van der Waals surface area contributed by atoms with E-state index in [-0.39, 0.29) is 6.09 Å². The van der Waals surface area contributed by atoms with Gasteiger partial charge in [-0.05, 0) is 46.7 Å². The summed E-state index contributed by atoms with van der Waals surface area (Å²) in [4.78, 5) is 17.0. The number of nitrogens with one attached hydrogen (secondary N) is 2. The summed E-state index contributed by atoms with van der Waals surface area (Å²) in [5.41, 5.74) is -0.433. The predicted octanol–water partition coefficient (Wildman–Crippen LogP) is 0.881. The molecule has 0 spiro atoms. The van der Waals surface area contributed by atoms with Crippen molar-refractivity contribution in [1.82, 2.24) is 20.4 Å². The lowest BCUT2D eigenvalue weighted by molar-refractivity contribution is 0.0104. The minimum absolute atomic E-state index is 0.158. The van der Waals surface area contributed by atoms with Gasteiger partial charge >= 0.3 is 6.09 Å². The topological polar surface area (TPSA) is 56.8 Å². The highest BCUT2D eigenvalue weighted by Crippen LogP contribution is 2.17. The second kappa shape index (κ2) is 8.13. The van der Waals surface area contributed by atoms with E-state index < -0.39 is 5.60 Å². The number of carbonyl (C=O) groups is 1. The Balaban J connectivity index is 1.92. The van der Waals surface area contributed by atoms with Gasteiger partial charge in [0, 0.05) is 45.3 Å². The fourth-order valence-electron chi connectivity index (χ4n) is 3.05. The van der Waals surface area contributed by atoms with Crippen LogP contribution in [0, 0.1) is 0 Å². The van der Waals surface area contributed by atoms with Crippen molar-refractivity contribution >= 4 is 6.09 Å². The van der Waals surface area contributed by atoms with Crippen molar-refractivity contribution < 1.29 is 9.53 Å². The number of ether oxygens (including phenoxy) is 1. The molecule has 128 valence electrons. The summed E-state index contributed by atoms with van der Waals surface area (Å²) < 4.78 is 5.63. The molecule has 2 N–H and O–H groups in total. The summed E-state index contributed by atoms with van der Waals surface area (Å²) in [7, 11) is 0. The van der Waals surface area contributed by atoms with Crippen LogP contribution in [0.1, 0.15) is 33.6 Å². The Morgan fingerprint density at radius 1 is 1.14 bits per heavy atom. The Bertz CT molecular complexity index is 345. The summed E-state index contributed by atoms with van der Waals surface area (Å²) in [5.74, 6) is 0. The molecule has 22 heavy (non-hydrogen) atoms. The van der Waals surface area contributed by atoms with Crippen molar-refractivity contribution in [3.8, 4) is 0 Å². The van der Waals surface area contributed by atoms with Crippen LogP contribution in [-0.4, -0.2) is 79.9 Å². The van der Waals surface area contributed by atoms with Crippen molar-refractivity contribution in [2.24, 2.45) is 0 Å². The smallest absolute Gasteiger partial charge is 0.410 e. The molecule has 0 unspecified atom stereocenters. The number of hydrogen-bond donors (Lipinski definition) is 2. The molecule has 2 rings (SSSR count). The minimum atomic E-state index is -0.433. The number of piperazine rings is 1. The quantitative estimate of drug-likeness (QED) is 0.807. The van der Waals surface area contributed by atoms with E-state index in [0.717, 1.165) is 65.2 Å². The number of carbonyl (C=O) groups excluding carboxylic acids is 1. The van der Waals surface area contributed by atoms with E-state index in [1.165, 1.54) is 0 Å². The summed E-state index contributed by atoms with van der Waals surface area (Å²) >= 11 is 0. The van der Waals surface area contributed by atoms with Crippen LogP contribution in [-0.2, 0) is 4.74 Å². The van der Waals surface area contributed by atoms with Gasteiger partial charge in [0.05, 0.1) is 0 Å². The molecule has 2 saturated heterocycles. The molecule has 0 aliphatic carbocycles. The van der Waals surface area contributed by atoms with Crippen LogP contribution in [0.15, 0.2) is 0 Å². The monoisotopic (exact) mass is 312 g/mol. The van der Waals surface area contributed by atoms with Gasteiger partial charge < -0.3 is 20.3 Å². The van der Waals surface area contributed by atoms with Gasteiger partial charge in [0.25, 0.3) is 0 Å². The van der Waals surface area contributed by atoms with Gasteiger partial charge in [-0.2, -0.15) is 0 Å². The molecule has 2 heterocycles. The summed E-state index contributed by atoms with van der Waals surface area (Å²) in [6.07, 6.45) is 1.87. The standard InChI is InChI=1S/C16H32N4O2/c1-16(2,3)22-15(21)20(14-4-6-17-7-5-14)13-12-19-10-8-18-9-11-19/h14,17-18H,4-13H2,1-3H3. The first-order chi connectivity index (χ1) is 10.5. The highest BCUT2D eigenvalue weighted by atomic mass is 16.6. The van der Waals surface area contributed by atoms with E-state index in [0.29, 0.717) is 6.04 Å². The first kappa shape index (κ1) is 17.5. The second-order valence-corrected chi connectivity index (χ2v) is 7.25. The average molecular weight is 312 g/mol. The third kappa shape index (κ3) is 5.74. The zero-order chi connectivity index (χ0) is 16.0. The van der Waals surface area contributed by atoms with Crippen molar-refractivity contribution in [2.45, 2.75) is 45.3 Å². The van der Waals surface area contributed by atoms with Crippen molar-refractivity contribution in [1.29, 1.82) is 0 Å². The Labute approximate surface area is 134 Å². The third-order valence-electron chi connectivity index (χ3n) is 4.24. The largest absolute Gasteiger partial charge is 0.444 e. The molecule has 6 heteroatoms. The maximum absolute atomic E-state index is 12.6. The Kier molecular flexibility index (Phi) is 6.47. The van der Waals surface area contributed by atoms with Gasteiger partial charge in [0.1, 0.15) is 5.60 Å². The van der Waals surface area contributed by atoms with E-state index in [2.05, 4.69) is 15.5 Å². The molecule has 0 aromatic heterocycles. The van der Waals surface area contributed by atoms with Gasteiger partial charge in [-0.1, -0.05) is 0 Å². The molecule has 1 amide bonds. The van der Waals surface area contributed by atoms with Gasteiger partial charge in [0.15, 0.2) is 0 Å². The molecule has 0 bridgehead atoms. The molecule has 2 fully saturated rings. The molecule has 0 aromatic rings. The summed E-state index contributed by atoms with van der Waals surface area (Å²) in [5, 5.41) is 6.73. The number of rotatable bonds is 4. The molecule has 0 saturated carbocycles. The zero-order valence-electron chi connectivity index (χ0n) is 14.4. The predicted molar refractivity (Wildman–Crippen MR) is 88.1 cm³/mol. The lowest BCUT2D eigenvalue weighted by atomic mass is 10.1. The van der Waals surface area contributed by atoms with E-state index in [1.807, 2.05) is 25.7 Å². The van der Waals surface area contributed by atoms with Crippen LogP contribution < -0.4 is 10.6 Å². The third-order valence-corrected chi connectivity index (χ3v) is 4.24. The van der Waals surface area contributed by atoms with Crippen LogP contribution in [0.25, 0.3) is 0 Å². The normalized spacial score (nSPS) is 21.6. The van der Waals surface area contributed by atoms with Gasteiger partial charge in [-0.3, -0.25) is 4.90 Å². The number of nitrogens with zero attached hydrogens (tertiary/aromatic N) is 2. The van der Waals surface area contributed by atoms with Gasteiger partial charge in [0.2, 0.25) is 0 Å². The SMILES string of the molecule is CC(C)(C)OC(=O)N(CCN1CCNCC1)C1CCNCC1. The fourth-order valence-corrected chi connectivity index (χ4v) is 3.05. The van der Waals surface area contributed by atoms with Crippen LogP contribution in [0.4, 0.5) is 4.79 Å². The number of piperidine rings is 1. The number of hydrogen-bond acceptors (Lipinski definition) is 5. The van der Waals surface area contributed by atoms with Crippen molar-refractivity contribution in [2.75, 3.05) is 52.4 Å². The lowest BCUT2D eigenvalue weighted by Gasteiger charge is -2.37. The molecule has 0 atom stereocenters. The van der Waals surface area contributed by atoms with E-state index in [9.17, 15) is 4.79 Å². The van der Waals surface area contributed by atoms with Crippen molar-refractivity contribution in [3.63, 3.8) is 0 Å². The van der Waals surface area contributed by atoms with Crippen molar-refractivity contribution in [3.05, 3.63) is 0 Å². The summed E-state index contributed by atoms with van der Waals surface area (Å²) in [6.45, 7) is 13.7. The molecule has 0 radical (unpaired) electrons. The molecule has 0 aromatic carbocycles. The molecular weight excluding hydrogens is 280 g/mol. The van der Waals surface area contributed by atoms with E-state index in [4.69, 9.17) is 4.74 Å². The maximum Gasteiger partial charge on any atom is 0.410 e. The molecular formula is C16H32N4O2. The lowest BCUT2D eigenvalue weighted by Crippen LogP contribution is -2.52. The Hall–Kier alpha value is -0.850. The fraction of sp³-hybridized carbons (Fsp3) is 0.938. The first-order valence-electron chi connectivity index (χ1n) is 8.59. The van der Waals surface area contributed by atoms with Gasteiger partial charge in [-0.15, -0.1) is 0 Å². The zero-order valence-corrected chi connectivity index (χ0v) is 14.4. The van der Waals surface area contributed by atoms with Crippen LogP contribution in [0.2, 0.25) is 0 Å². The number of amides is 1. The highest BCUT2D eigenvalue weighted by molar-refractivity contribution is 5.68. The summed E-state index contributed by atoms with van der Waals surface area (Å²) in [6, 6.07) is 0.305. The highest BCUT2D eigenvalue weighted by Gasteiger charge is 2.29. The minimum Gasteiger partial charge on any atom is -0.444 e. The van der Waals surface area contributed by atoms with Crippen LogP contribution in [0.5, 0.6) is 0 Å². The van der Waals surface area contributed by atoms with Crippen LogP contribution in [0.3, 0.4) is 0 Å². The first-order valence-corrected chi connectivity index (χ1v) is 8.59. The Morgan fingerprint density at radius 3 is 2.32 bits per heavy atom. The van der Waals surface area contributed by atoms with E-state index >= 15 is 0 Å². The molecule has 2 aliphatic rings. The molecule has 2 aliphatic heterocycles. The Morgan fingerprint density at radius 2 is 1.73 bits per heavy atom. The van der Waals surface area contributed by atoms with Crippen LogP contribution >= 0.6 is 0 Å². The average Bonchev–Trinajstić information content (AvgIpc) is 2.48. The second-order valence-electron chi connectivity index (χ2n) is 7.25.